The van der Waals surface area contributed by atoms with Gasteiger partial charge in [-0.2, -0.15) is 0 Å². The first-order chi connectivity index (χ1) is 5.00. The molecule has 1 radical (unpaired) electrons. The van der Waals surface area contributed by atoms with Gasteiger partial charge in [0.05, 0.1) is 0 Å². The maximum atomic E-state index is 2.81. The Morgan fingerprint density at radius 3 is 0.444 bits per heavy atom. The smallest absolute Gasteiger partial charge is 2.00 e. The Morgan fingerprint density at radius 1 is 0.311 bits per heavy atom. The Bertz CT molecular complexity index is 223. The summed E-state index contributed by atoms with van der Waals surface area (Å²) in [5.41, 5.74) is 0. The van der Waals surface area contributed by atoms with Gasteiger partial charge in [0, 0.05) is 126 Å². The molecule has 0 fully saturated rings. The largest absolute Gasteiger partial charge is 3.00 e. The molecule has 30 nitrogen and oxygen atoms in total. The van der Waals surface area contributed by atoms with E-state index in [0.29, 0.717) is 0 Å². The molecule has 0 aliphatic rings. The van der Waals surface area contributed by atoms with Gasteiger partial charge in [0.1, 0.15) is 24.8 Å². The zero-order valence-electron chi connectivity index (χ0n) is 21.3. The third-order valence-electron chi connectivity index (χ3n) is 0.885. The minimum Gasteiger partial charge on any atom is -2.00 e. The van der Waals surface area contributed by atoms with Crippen molar-refractivity contribution in [2.75, 3.05) is 0 Å². The van der Waals surface area contributed by atoms with Crippen molar-refractivity contribution in [3.05, 3.63) is 37.4 Å². The van der Waals surface area contributed by atoms with Gasteiger partial charge in [0.15, 0.2) is 0 Å². The predicted molar refractivity (Wildman–Crippen MR) is 65.9 cm³/mol. The van der Waals surface area contributed by atoms with Crippen LogP contribution in [-0.2, 0) is 241 Å². The van der Waals surface area contributed by atoms with E-state index in [1.54, 1.807) is 12.7 Å². The van der Waals surface area contributed by atoms with Gasteiger partial charge in [-0.3, -0.25) is 19.9 Å². The number of aromatic nitrogens is 4. The van der Waals surface area contributed by atoms with Crippen molar-refractivity contribution in [2.24, 2.45) is 0 Å². The first kappa shape index (κ1) is 576. The van der Waals surface area contributed by atoms with Gasteiger partial charge in [-0.15, -0.1) is 0 Å². The molecular formula is C6H20Mo6N4Na2NiO26-35. The van der Waals surface area contributed by atoms with Gasteiger partial charge in [-0.25, -0.2) is 0 Å². The van der Waals surface area contributed by atoms with Gasteiger partial charge < -0.3 is 142 Å². The summed E-state index contributed by atoms with van der Waals surface area (Å²) in [6.07, 6.45) is 10.8. The molecule has 303 valence electrons. The molecule has 39 heteroatoms. The first-order valence-corrected chi connectivity index (χ1v) is 2.98. The Hall–Kier alpha value is 4.00. The normalized spacial score (nSPS) is 1.78. The van der Waals surface area contributed by atoms with E-state index in [4.69, 9.17) is 0 Å². The number of hydrogen-bond acceptors (Lipinski definition) is 6. The predicted octanol–water partition coefficient (Wildman–Crippen LogP) is -11.2. The second kappa shape index (κ2) is 541. The van der Waals surface area contributed by atoms with E-state index in [0.717, 1.165) is 0 Å². The summed E-state index contributed by atoms with van der Waals surface area (Å²) in [7, 11) is 0. The van der Waals surface area contributed by atoms with Crippen LogP contribution in [-0.4, -0.2) is 53.8 Å². The fourth-order valence-electron chi connectivity index (χ4n) is 0.481. The van der Waals surface area contributed by atoms with E-state index in [1.807, 2.05) is 24.8 Å². The molecule has 2 heterocycles. The fourth-order valence-corrected chi connectivity index (χ4v) is 0.481. The summed E-state index contributed by atoms with van der Waals surface area (Å²) in [4.78, 5) is 11.2. The van der Waals surface area contributed by atoms with Crippen LogP contribution in [0.3, 0.4) is 0 Å². The molecule has 0 spiro atoms. The third-order valence-corrected chi connectivity index (χ3v) is 0.885. The summed E-state index contributed by atoms with van der Waals surface area (Å²) in [5, 5.41) is 0. The number of H-pyrrole nitrogens is 4. The maximum absolute atomic E-state index is 2.81. The number of rotatable bonds is 0. The summed E-state index contributed by atoms with van der Waals surface area (Å²) in [6, 6.07) is 0. The van der Waals surface area contributed by atoms with Crippen molar-refractivity contribution in [1.29, 1.82) is 0 Å². The van der Waals surface area contributed by atoms with Crippen LogP contribution in [0.1, 0.15) is 0 Å². The van der Waals surface area contributed by atoms with Gasteiger partial charge in [-0.05, 0) is 0 Å². The molecule has 0 aromatic carbocycles. The summed E-state index contributed by atoms with van der Waals surface area (Å²) in [6.45, 7) is 0. The van der Waals surface area contributed by atoms with Gasteiger partial charge in [0.25, 0.3) is 0 Å². The molecular weight excluding hydrogens is 1220 g/mol. The van der Waals surface area contributed by atoms with Crippen LogP contribution in [0.15, 0.2) is 37.4 Å². The molecule has 0 atom stereocenters. The van der Waals surface area contributed by atoms with Gasteiger partial charge >= 0.3 is 75.6 Å². The molecule has 2 rings (SSSR count). The van der Waals surface area contributed by atoms with E-state index in [-0.39, 0.29) is 344 Å². The topological polar surface area (TPSA) is 816 Å². The molecule has 0 bridgehead atoms. The van der Waals surface area contributed by atoms with E-state index in [2.05, 4.69) is 19.9 Å². The number of nitrogens with one attached hydrogen (secondary N) is 4. The quantitative estimate of drug-likeness (QED) is 0.241. The maximum Gasteiger partial charge on any atom is 3.00 e. The van der Waals surface area contributed by atoms with Gasteiger partial charge in [-0.1, -0.05) is 0 Å². The van der Waals surface area contributed by atoms with E-state index >= 15 is 0 Å². The van der Waals surface area contributed by atoms with Gasteiger partial charge in [0.2, 0.25) is 12.7 Å². The molecule has 0 aliphatic heterocycles. The third kappa shape index (κ3) is 518. The first-order valence-electron chi connectivity index (χ1n) is 2.98. The molecule has 45 heavy (non-hydrogen) atoms. The van der Waals surface area contributed by atoms with Crippen LogP contribution < -0.4 is 69.1 Å². The molecule has 0 unspecified atom stereocenters. The molecule has 0 amide bonds. The second-order valence-electron chi connectivity index (χ2n) is 1.62. The minimum absolute atomic E-state index is 0. The van der Waals surface area contributed by atoms with Crippen LogP contribution >= 0.6 is 0 Å². The van der Waals surface area contributed by atoms with Crippen molar-refractivity contribution in [2.45, 2.75) is 0 Å². The number of hydrogen-bond donors (Lipinski definition) is 2. The molecule has 2 aromatic rings. The van der Waals surface area contributed by atoms with Crippen molar-refractivity contribution < 1.29 is 354 Å². The Morgan fingerprint density at radius 2 is 0.422 bits per heavy atom. The van der Waals surface area contributed by atoms with Crippen LogP contribution in [0.5, 0.6) is 0 Å². The molecule has 2 aromatic heterocycles. The van der Waals surface area contributed by atoms with Crippen LogP contribution in [0, 0.1) is 0 Å². The molecule has 0 saturated carbocycles. The average Bonchev–Trinajstić information content (AvgIpc) is 2.67. The average molecular weight is 1240 g/mol. The van der Waals surface area contributed by atoms with Crippen molar-refractivity contribution in [3.63, 3.8) is 0 Å². The van der Waals surface area contributed by atoms with Crippen molar-refractivity contribution >= 4 is 0 Å². The monoisotopic (exact) mass is 1260 g/mol. The summed E-state index contributed by atoms with van der Waals surface area (Å²) >= 11 is 0. The number of aromatic amines is 4. The summed E-state index contributed by atoms with van der Waals surface area (Å²) < 4.78 is 0. The Balaban J connectivity index is -0.000000000758. The Kier molecular flexibility index (Phi) is 6920. The van der Waals surface area contributed by atoms with Crippen LogP contribution in [0.25, 0.3) is 0 Å². The van der Waals surface area contributed by atoms with Crippen LogP contribution in [0.4, 0.5) is 0 Å². The standard InChI is InChI=1S/2C3H4N2.6Mo.2Na.Ni.8H2O.18O/c2*1-2-5-3-4-1;;;;;;;;;;;;;;;;;;;;;;;;;;;;;;;;;;;/h2*1-3H,(H,4,5);;;;;;;;;;8*1H2;;;;;;;;;;;;;;;;;;/q;;;;;;;;2*+1;+3;;;;;;;;;18*-2/p-4. The second-order valence-corrected chi connectivity index (χ2v) is 1.62. The van der Waals surface area contributed by atoms with Crippen LogP contribution in [0.2, 0.25) is 0 Å². The van der Waals surface area contributed by atoms with Crippen molar-refractivity contribution in [1.82, 2.24) is 9.97 Å². The fraction of sp³-hybridized carbons (Fsp3) is 0. The van der Waals surface area contributed by atoms with E-state index in [9.17, 15) is 0 Å². The van der Waals surface area contributed by atoms with E-state index < -0.39 is 0 Å². The number of imidazole rings is 2. The molecule has 0 aliphatic carbocycles. The molecule has 14 N–H and O–H groups in total. The zero-order valence-corrected chi connectivity index (χ0v) is 38.3. The summed E-state index contributed by atoms with van der Waals surface area (Å²) in [5.74, 6) is 0. The molecule has 0 saturated heterocycles. The SMILES string of the molecule is O.O.[Mo].[Mo].[Mo].[Mo].[Mo].[Mo].[Na+].[Na+].[Ni+3].[O-2].[O-2].[O-2].[O-2].[O-2].[O-2].[O-2].[O-2].[O-2].[O-2].[O-2].[O-2].[O-2].[O-2].[O-2].[O-2].[O-2].[O-2].[OH-].[OH-].[OH-].[OH-].[OH-].[OH-].c1c[nH+]c[nH]1.c1c[nH+]c[nH]1. The van der Waals surface area contributed by atoms with E-state index in [1.165, 1.54) is 0 Å². The van der Waals surface area contributed by atoms with Crippen molar-refractivity contribution in [3.8, 4) is 0 Å². The minimum atomic E-state index is 0. The Labute approximate surface area is 396 Å². The zero-order chi connectivity index (χ0) is 7.07.